The van der Waals surface area contributed by atoms with Crippen LogP contribution in [0.5, 0.6) is 0 Å². The molecule has 0 fully saturated rings. The van der Waals surface area contributed by atoms with Gasteiger partial charge in [-0.25, -0.2) is 4.98 Å². The maximum Gasteiger partial charge on any atom is 0.125 e. The van der Waals surface area contributed by atoms with Crippen molar-refractivity contribution < 1.29 is 0 Å². The van der Waals surface area contributed by atoms with Gasteiger partial charge in [0.15, 0.2) is 0 Å². The molecule has 0 saturated carbocycles. The van der Waals surface area contributed by atoms with E-state index in [1.165, 1.54) is 4.88 Å². The Hall–Kier alpha value is -2.11. The van der Waals surface area contributed by atoms with Crippen LogP contribution in [0.15, 0.2) is 55.1 Å². The van der Waals surface area contributed by atoms with E-state index in [0.717, 1.165) is 22.8 Å². The van der Waals surface area contributed by atoms with Crippen molar-refractivity contribution in [1.29, 1.82) is 0 Å². The van der Waals surface area contributed by atoms with Crippen LogP contribution in [-0.2, 0) is 6.54 Å². The highest BCUT2D eigenvalue weighted by Crippen LogP contribution is 2.26. The van der Waals surface area contributed by atoms with Crippen LogP contribution in [0.25, 0.3) is 10.6 Å². The lowest BCUT2D eigenvalue weighted by Gasteiger charge is -2.23. The van der Waals surface area contributed by atoms with Crippen LogP contribution >= 0.6 is 11.3 Å². The quantitative estimate of drug-likeness (QED) is 0.719. The third-order valence-corrected chi connectivity index (χ3v) is 4.68. The molecule has 3 aromatic rings. The Bertz CT molecular complexity index is 712. The van der Waals surface area contributed by atoms with Gasteiger partial charge in [0.25, 0.3) is 0 Å². The van der Waals surface area contributed by atoms with Crippen molar-refractivity contribution in [1.82, 2.24) is 19.9 Å². The maximum atomic E-state index is 4.51. The molecular weight excluding hydrogens is 292 g/mol. The fraction of sp³-hybridized carbons (Fsp3) is 0.235. The number of rotatable bonds is 5. The number of hydrogen-bond donors (Lipinski definition) is 0. The van der Waals surface area contributed by atoms with Crippen LogP contribution in [0.1, 0.15) is 23.5 Å². The molecule has 0 N–H and O–H groups in total. The first kappa shape index (κ1) is 14.8. The smallest absolute Gasteiger partial charge is 0.125 e. The first-order valence-electron chi connectivity index (χ1n) is 7.20. The van der Waals surface area contributed by atoms with E-state index < -0.39 is 0 Å². The molecule has 0 aliphatic heterocycles. The van der Waals surface area contributed by atoms with Gasteiger partial charge in [-0.15, -0.1) is 11.3 Å². The normalized spacial score (nSPS) is 12.5. The van der Waals surface area contributed by atoms with Gasteiger partial charge in [0.05, 0.1) is 5.69 Å². The summed E-state index contributed by atoms with van der Waals surface area (Å²) in [6.45, 7) is 3.03. The van der Waals surface area contributed by atoms with E-state index in [1.54, 1.807) is 17.5 Å². The Morgan fingerprint density at radius 2 is 2.00 bits per heavy atom. The Morgan fingerprint density at radius 3 is 2.73 bits per heavy atom. The molecule has 3 aromatic heterocycles. The molecule has 0 amide bonds. The van der Waals surface area contributed by atoms with Crippen LogP contribution in [0, 0.1) is 0 Å². The molecule has 4 nitrogen and oxygen atoms in total. The third-order valence-electron chi connectivity index (χ3n) is 3.64. The van der Waals surface area contributed by atoms with Crippen LogP contribution < -0.4 is 0 Å². The fourth-order valence-corrected chi connectivity index (χ4v) is 3.20. The van der Waals surface area contributed by atoms with Gasteiger partial charge in [-0.3, -0.25) is 14.9 Å². The average Bonchev–Trinajstić information content (AvgIpc) is 3.04. The minimum Gasteiger partial charge on any atom is -0.293 e. The van der Waals surface area contributed by atoms with Crippen molar-refractivity contribution in [3.8, 4) is 10.6 Å². The second-order valence-corrected chi connectivity index (χ2v) is 6.33. The van der Waals surface area contributed by atoms with Crippen LogP contribution in [-0.4, -0.2) is 26.9 Å². The van der Waals surface area contributed by atoms with E-state index in [-0.39, 0.29) is 6.04 Å². The molecule has 3 rings (SSSR count). The average molecular weight is 310 g/mol. The molecule has 1 atom stereocenters. The van der Waals surface area contributed by atoms with Crippen molar-refractivity contribution in [2.75, 3.05) is 7.05 Å². The first-order chi connectivity index (χ1) is 10.7. The van der Waals surface area contributed by atoms with Gasteiger partial charge in [0, 0.05) is 47.8 Å². The second-order valence-electron chi connectivity index (χ2n) is 5.22. The lowest BCUT2D eigenvalue weighted by Crippen LogP contribution is -2.22. The number of thiazole rings is 1. The molecule has 0 radical (unpaired) electrons. The number of pyridine rings is 2. The molecular formula is C17H18N4S. The van der Waals surface area contributed by atoms with Crippen molar-refractivity contribution >= 4 is 11.3 Å². The molecule has 1 unspecified atom stereocenters. The molecule has 0 aromatic carbocycles. The zero-order valence-corrected chi connectivity index (χ0v) is 13.5. The first-order valence-corrected chi connectivity index (χ1v) is 8.02. The van der Waals surface area contributed by atoms with Gasteiger partial charge in [-0.1, -0.05) is 6.07 Å². The van der Waals surface area contributed by atoms with Gasteiger partial charge in [-0.2, -0.15) is 0 Å². The lowest BCUT2D eigenvalue weighted by molar-refractivity contribution is 0.250. The summed E-state index contributed by atoms with van der Waals surface area (Å²) in [5, 5.41) is 1.02. The zero-order valence-electron chi connectivity index (χ0n) is 12.7. The van der Waals surface area contributed by atoms with Crippen molar-refractivity contribution in [2.24, 2.45) is 0 Å². The predicted octanol–water partition coefficient (Wildman–Crippen LogP) is 3.79. The summed E-state index contributed by atoms with van der Waals surface area (Å²) >= 11 is 1.71. The molecule has 112 valence electrons. The van der Waals surface area contributed by atoms with E-state index >= 15 is 0 Å². The minimum absolute atomic E-state index is 0.269. The van der Waals surface area contributed by atoms with E-state index in [0.29, 0.717) is 0 Å². The van der Waals surface area contributed by atoms with Crippen LogP contribution in [0.4, 0.5) is 0 Å². The SMILES string of the molecule is CC(c1ccccn1)N(C)Cc1cnc(-c2cccnc2)s1. The molecule has 0 bridgehead atoms. The van der Waals surface area contributed by atoms with Crippen molar-refractivity contribution in [3.05, 3.63) is 65.7 Å². The standard InChI is InChI=1S/C17H18N4S/c1-13(16-7-3-4-9-19-16)21(2)12-15-11-20-17(22-15)14-6-5-8-18-10-14/h3-11,13H,12H2,1-2H3. The van der Waals surface area contributed by atoms with Gasteiger partial charge in [0.1, 0.15) is 5.01 Å². The van der Waals surface area contributed by atoms with Crippen molar-refractivity contribution in [2.45, 2.75) is 19.5 Å². The summed E-state index contributed by atoms with van der Waals surface area (Å²) in [4.78, 5) is 16.6. The largest absolute Gasteiger partial charge is 0.293 e. The summed E-state index contributed by atoms with van der Waals surface area (Å²) in [6, 6.07) is 10.3. The van der Waals surface area contributed by atoms with Crippen LogP contribution in [0.3, 0.4) is 0 Å². The minimum atomic E-state index is 0.269. The molecule has 0 aliphatic carbocycles. The van der Waals surface area contributed by atoms with Gasteiger partial charge in [-0.05, 0) is 38.2 Å². The van der Waals surface area contributed by atoms with Gasteiger partial charge < -0.3 is 0 Å². The Labute approximate surface area is 134 Å². The van der Waals surface area contributed by atoms with Crippen LogP contribution in [0.2, 0.25) is 0 Å². The Kier molecular flexibility index (Phi) is 4.56. The summed E-state index contributed by atoms with van der Waals surface area (Å²) in [6.07, 6.45) is 7.42. The molecule has 5 heteroatoms. The van der Waals surface area contributed by atoms with E-state index in [9.17, 15) is 0 Å². The third kappa shape index (κ3) is 3.37. The Balaban J connectivity index is 1.70. The van der Waals surface area contributed by atoms with Gasteiger partial charge >= 0.3 is 0 Å². The summed E-state index contributed by atoms with van der Waals surface area (Å²) in [7, 11) is 2.11. The summed E-state index contributed by atoms with van der Waals surface area (Å²) < 4.78 is 0. The topological polar surface area (TPSA) is 41.9 Å². The molecule has 3 heterocycles. The maximum absolute atomic E-state index is 4.51. The second kappa shape index (κ2) is 6.77. The highest BCUT2D eigenvalue weighted by atomic mass is 32.1. The predicted molar refractivity (Wildman–Crippen MR) is 89.5 cm³/mol. The molecule has 0 spiro atoms. The summed E-state index contributed by atoms with van der Waals surface area (Å²) in [5.41, 5.74) is 2.15. The number of aromatic nitrogens is 3. The fourth-order valence-electron chi connectivity index (χ4n) is 2.23. The van der Waals surface area contributed by atoms with E-state index in [4.69, 9.17) is 0 Å². The van der Waals surface area contributed by atoms with E-state index in [1.807, 2.05) is 42.9 Å². The van der Waals surface area contributed by atoms with Gasteiger partial charge in [0.2, 0.25) is 0 Å². The molecule has 22 heavy (non-hydrogen) atoms. The highest BCUT2D eigenvalue weighted by molar-refractivity contribution is 7.15. The lowest BCUT2D eigenvalue weighted by atomic mass is 10.2. The van der Waals surface area contributed by atoms with Crippen molar-refractivity contribution in [3.63, 3.8) is 0 Å². The molecule has 0 aliphatic rings. The highest BCUT2D eigenvalue weighted by Gasteiger charge is 2.14. The number of hydrogen-bond acceptors (Lipinski definition) is 5. The molecule has 0 saturated heterocycles. The number of nitrogens with zero attached hydrogens (tertiary/aromatic N) is 4. The Morgan fingerprint density at radius 1 is 1.09 bits per heavy atom. The summed E-state index contributed by atoms with van der Waals surface area (Å²) in [5.74, 6) is 0. The monoisotopic (exact) mass is 310 g/mol. The zero-order chi connectivity index (χ0) is 15.4. The van der Waals surface area contributed by atoms with E-state index in [2.05, 4.69) is 39.9 Å².